The standard InChI is InChI=1S/C16H17FN2O2/c17-13-6-2-1-5-12(13)11-21-10-9-16(20)19-15-8-4-3-7-14(15)18/h1-8H,9-11,18H2,(H,19,20). The summed E-state index contributed by atoms with van der Waals surface area (Å²) in [6.07, 6.45) is 0.183. The zero-order valence-corrected chi connectivity index (χ0v) is 11.5. The lowest BCUT2D eigenvalue weighted by molar-refractivity contribution is -0.117. The van der Waals surface area contributed by atoms with Gasteiger partial charge < -0.3 is 15.8 Å². The van der Waals surface area contributed by atoms with Crippen LogP contribution in [0.3, 0.4) is 0 Å². The van der Waals surface area contributed by atoms with Gasteiger partial charge in [-0.1, -0.05) is 30.3 Å². The van der Waals surface area contributed by atoms with Gasteiger partial charge in [-0.15, -0.1) is 0 Å². The van der Waals surface area contributed by atoms with E-state index in [1.54, 1.807) is 42.5 Å². The van der Waals surface area contributed by atoms with Gasteiger partial charge in [0.1, 0.15) is 5.82 Å². The number of nitrogens with one attached hydrogen (secondary N) is 1. The first-order valence-corrected chi connectivity index (χ1v) is 6.62. The van der Waals surface area contributed by atoms with Gasteiger partial charge in [-0.25, -0.2) is 4.39 Å². The summed E-state index contributed by atoms with van der Waals surface area (Å²) in [5.41, 5.74) is 7.30. The quantitative estimate of drug-likeness (QED) is 0.634. The number of anilines is 2. The Kier molecular flexibility index (Phi) is 5.29. The van der Waals surface area contributed by atoms with Gasteiger partial charge in [0.15, 0.2) is 0 Å². The number of amides is 1. The van der Waals surface area contributed by atoms with Crippen molar-refractivity contribution in [2.24, 2.45) is 0 Å². The average Bonchev–Trinajstić information content (AvgIpc) is 2.48. The summed E-state index contributed by atoms with van der Waals surface area (Å²) in [5.74, 6) is -0.500. The third kappa shape index (κ3) is 4.57. The summed E-state index contributed by atoms with van der Waals surface area (Å²) < 4.78 is 18.6. The second-order valence-electron chi connectivity index (χ2n) is 4.53. The Bertz CT molecular complexity index is 617. The van der Waals surface area contributed by atoms with Crippen LogP contribution in [0.25, 0.3) is 0 Å². The summed E-state index contributed by atoms with van der Waals surface area (Å²) in [5, 5.41) is 2.70. The highest BCUT2D eigenvalue weighted by Gasteiger charge is 2.05. The molecule has 2 rings (SSSR count). The van der Waals surface area contributed by atoms with Gasteiger partial charge in [0.05, 0.1) is 31.0 Å². The largest absolute Gasteiger partial charge is 0.397 e. The highest BCUT2D eigenvalue weighted by Crippen LogP contribution is 2.16. The Hall–Kier alpha value is -2.40. The van der Waals surface area contributed by atoms with Gasteiger partial charge in [-0.05, 0) is 18.2 Å². The molecule has 4 nitrogen and oxygen atoms in total. The molecule has 3 N–H and O–H groups in total. The van der Waals surface area contributed by atoms with Crippen molar-refractivity contribution in [3.63, 3.8) is 0 Å². The Morgan fingerprint density at radius 2 is 1.86 bits per heavy atom. The first kappa shape index (κ1) is 15.0. The van der Waals surface area contributed by atoms with Crippen LogP contribution in [0.4, 0.5) is 15.8 Å². The lowest BCUT2D eigenvalue weighted by Gasteiger charge is -2.08. The molecule has 0 aliphatic carbocycles. The molecule has 1 amide bonds. The number of rotatable bonds is 6. The topological polar surface area (TPSA) is 64.3 Å². The molecular weight excluding hydrogens is 271 g/mol. The number of carbonyl (C=O) groups excluding carboxylic acids is 1. The van der Waals surface area contributed by atoms with Gasteiger partial charge in [0.2, 0.25) is 5.91 Å². The van der Waals surface area contributed by atoms with Crippen molar-refractivity contribution in [3.8, 4) is 0 Å². The SMILES string of the molecule is Nc1ccccc1NC(=O)CCOCc1ccccc1F. The first-order chi connectivity index (χ1) is 10.2. The molecular formula is C16H17FN2O2. The molecule has 0 saturated carbocycles. The van der Waals surface area contributed by atoms with E-state index in [-0.39, 0.29) is 31.4 Å². The molecule has 0 aromatic heterocycles. The summed E-state index contributed by atoms with van der Waals surface area (Å²) in [4.78, 5) is 11.7. The first-order valence-electron chi connectivity index (χ1n) is 6.62. The van der Waals surface area contributed by atoms with E-state index < -0.39 is 0 Å². The Balaban J connectivity index is 1.73. The molecule has 0 fully saturated rings. The predicted molar refractivity (Wildman–Crippen MR) is 80.2 cm³/mol. The molecule has 0 bridgehead atoms. The summed E-state index contributed by atoms with van der Waals surface area (Å²) in [6, 6.07) is 13.4. The fourth-order valence-electron chi connectivity index (χ4n) is 1.79. The van der Waals surface area contributed by atoms with Crippen LogP contribution in [-0.4, -0.2) is 12.5 Å². The Labute approximate surface area is 122 Å². The highest BCUT2D eigenvalue weighted by atomic mass is 19.1. The number of benzene rings is 2. The maximum atomic E-state index is 13.3. The van der Waals surface area contributed by atoms with E-state index in [9.17, 15) is 9.18 Å². The van der Waals surface area contributed by atoms with Crippen LogP contribution in [0.15, 0.2) is 48.5 Å². The number of hydrogen-bond acceptors (Lipinski definition) is 3. The number of halogens is 1. The number of para-hydroxylation sites is 2. The van der Waals surface area contributed by atoms with Crippen LogP contribution < -0.4 is 11.1 Å². The maximum Gasteiger partial charge on any atom is 0.226 e. The molecule has 21 heavy (non-hydrogen) atoms. The van der Waals surface area contributed by atoms with Crippen molar-refractivity contribution >= 4 is 17.3 Å². The zero-order valence-electron chi connectivity index (χ0n) is 11.5. The molecule has 0 unspecified atom stereocenters. The van der Waals surface area contributed by atoms with Crippen LogP contribution in [0.5, 0.6) is 0 Å². The molecule has 0 aliphatic rings. The molecule has 0 saturated heterocycles. The number of nitrogen functional groups attached to an aromatic ring is 1. The minimum Gasteiger partial charge on any atom is -0.397 e. The zero-order chi connectivity index (χ0) is 15.1. The van der Waals surface area contributed by atoms with E-state index in [2.05, 4.69) is 5.32 Å². The third-order valence-corrected chi connectivity index (χ3v) is 2.92. The van der Waals surface area contributed by atoms with Crippen molar-refractivity contribution in [1.29, 1.82) is 0 Å². The third-order valence-electron chi connectivity index (χ3n) is 2.92. The van der Waals surface area contributed by atoms with Gasteiger partial charge >= 0.3 is 0 Å². The number of nitrogens with two attached hydrogens (primary N) is 1. The Morgan fingerprint density at radius 1 is 1.14 bits per heavy atom. The fraction of sp³-hybridized carbons (Fsp3) is 0.188. The lowest BCUT2D eigenvalue weighted by Crippen LogP contribution is -2.15. The molecule has 2 aromatic carbocycles. The minimum atomic E-state index is -0.306. The molecule has 0 spiro atoms. The molecule has 0 radical (unpaired) electrons. The van der Waals surface area contributed by atoms with E-state index in [0.29, 0.717) is 16.9 Å². The molecule has 5 heteroatoms. The molecule has 110 valence electrons. The van der Waals surface area contributed by atoms with Crippen molar-refractivity contribution in [3.05, 3.63) is 59.9 Å². The lowest BCUT2D eigenvalue weighted by atomic mass is 10.2. The van der Waals surface area contributed by atoms with Crippen molar-refractivity contribution in [2.45, 2.75) is 13.0 Å². The van der Waals surface area contributed by atoms with E-state index in [1.165, 1.54) is 6.07 Å². The fourth-order valence-corrected chi connectivity index (χ4v) is 1.79. The van der Waals surface area contributed by atoms with Crippen LogP contribution in [0.2, 0.25) is 0 Å². The predicted octanol–water partition coefficient (Wildman–Crippen LogP) is 2.95. The maximum absolute atomic E-state index is 13.3. The van der Waals surface area contributed by atoms with Crippen molar-refractivity contribution in [2.75, 3.05) is 17.7 Å². The van der Waals surface area contributed by atoms with Crippen molar-refractivity contribution in [1.82, 2.24) is 0 Å². The number of carbonyl (C=O) groups is 1. The normalized spacial score (nSPS) is 10.3. The summed E-state index contributed by atoms with van der Waals surface area (Å²) in [7, 11) is 0. The average molecular weight is 288 g/mol. The monoisotopic (exact) mass is 288 g/mol. The Morgan fingerprint density at radius 3 is 2.62 bits per heavy atom. The van der Waals surface area contributed by atoms with Crippen molar-refractivity contribution < 1.29 is 13.9 Å². The second kappa shape index (κ2) is 7.40. The van der Waals surface area contributed by atoms with E-state index in [4.69, 9.17) is 10.5 Å². The van der Waals surface area contributed by atoms with Gasteiger partial charge in [-0.3, -0.25) is 4.79 Å². The smallest absolute Gasteiger partial charge is 0.226 e. The summed E-state index contributed by atoms with van der Waals surface area (Å²) >= 11 is 0. The molecule has 2 aromatic rings. The second-order valence-corrected chi connectivity index (χ2v) is 4.53. The van der Waals surface area contributed by atoms with Crippen LogP contribution in [0.1, 0.15) is 12.0 Å². The van der Waals surface area contributed by atoms with E-state index in [0.717, 1.165) is 0 Å². The van der Waals surface area contributed by atoms with Gasteiger partial charge in [0, 0.05) is 5.56 Å². The van der Waals surface area contributed by atoms with Crippen LogP contribution >= 0.6 is 0 Å². The molecule has 0 heterocycles. The van der Waals surface area contributed by atoms with E-state index >= 15 is 0 Å². The minimum absolute atomic E-state index is 0.146. The van der Waals surface area contributed by atoms with Gasteiger partial charge in [0.25, 0.3) is 0 Å². The highest BCUT2D eigenvalue weighted by molar-refractivity contribution is 5.93. The van der Waals surface area contributed by atoms with Crippen LogP contribution in [-0.2, 0) is 16.1 Å². The van der Waals surface area contributed by atoms with Gasteiger partial charge in [-0.2, -0.15) is 0 Å². The molecule has 0 aliphatic heterocycles. The van der Waals surface area contributed by atoms with Crippen LogP contribution in [0, 0.1) is 5.82 Å². The summed E-state index contributed by atoms with van der Waals surface area (Å²) in [6.45, 7) is 0.361. The number of ether oxygens (including phenoxy) is 1. The molecule has 0 atom stereocenters. The van der Waals surface area contributed by atoms with E-state index in [1.807, 2.05) is 0 Å². The number of hydrogen-bond donors (Lipinski definition) is 2.